The van der Waals surface area contributed by atoms with Gasteiger partial charge in [0, 0.05) is 17.1 Å². The molecule has 13 heavy (non-hydrogen) atoms. The second-order valence-corrected chi connectivity index (χ2v) is 5.26. The van der Waals surface area contributed by atoms with Crippen LogP contribution in [0.4, 0.5) is 0 Å². The molecular formula is C11H15NS. The first-order valence-electron chi connectivity index (χ1n) is 5.22. The minimum atomic E-state index is 0.871. The highest BCUT2D eigenvalue weighted by Crippen LogP contribution is 2.37. The lowest BCUT2D eigenvalue weighted by molar-refractivity contribution is 0.412. The molecule has 1 nitrogen and oxygen atoms in total. The Morgan fingerprint density at radius 1 is 1.38 bits per heavy atom. The van der Waals surface area contributed by atoms with E-state index >= 15 is 0 Å². The maximum atomic E-state index is 3.62. The first kappa shape index (κ1) is 7.98. The Morgan fingerprint density at radius 3 is 3.00 bits per heavy atom. The van der Waals surface area contributed by atoms with Crippen molar-refractivity contribution in [1.29, 1.82) is 0 Å². The number of aromatic nitrogens is 1. The van der Waals surface area contributed by atoms with Gasteiger partial charge in [0.15, 0.2) is 0 Å². The molecule has 1 saturated carbocycles. The second kappa shape index (κ2) is 3.09. The Hall–Kier alpha value is -0.370. The van der Waals surface area contributed by atoms with Gasteiger partial charge in [0.25, 0.3) is 0 Å². The monoisotopic (exact) mass is 193 g/mol. The lowest BCUT2D eigenvalue weighted by atomic mass is 9.83. The topological polar surface area (TPSA) is 15.8 Å². The van der Waals surface area contributed by atoms with E-state index in [1.807, 2.05) is 0 Å². The van der Waals surface area contributed by atoms with Crippen molar-refractivity contribution in [1.82, 2.24) is 4.98 Å². The summed E-state index contributed by atoms with van der Waals surface area (Å²) in [5.41, 5.74) is 4.64. The van der Waals surface area contributed by atoms with Crippen LogP contribution in [0.25, 0.3) is 0 Å². The number of hydrogen-bond acceptors (Lipinski definition) is 1. The standard InChI is InChI=1S/C11H15NS/c1-2-8(3-1)11-6-9-7-13-5-4-10(9)12-11/h6,8,12H,1-5,7H2. The van der Waals surface area contributed by atoms with Crippen LogP contribution in [-0.2, 0) is 12.2 Å². The Kier molecular flexibility index (Phi) is 1.90. The van der Waals surface area contributed by atoms with Crippen molar-refractivity contribution in [2.75, 3.05) is 5.75 Å². The summed E-state index contributed by atoms with van der Waals surface area (Å²) < 4.78 is 0. The predicted octanol–water partition coefficient (Wildman–Crippen LogP) is 3.07. The van der Waals surface area contributed by atoms with Crippen molar-refractivity contribution in [3.63, 3.8) is 0 Å². The molecule has 70 valence electrons. The van der Waals surface area contributed by atoms with E-state index < -0.39 is 0 Å². The Balaban J connectivity index is 1.90. The third-order valence-corrected chi connectivity index (χ3v) is 4.32. The molecule has 2 heteroatoms. The molecule has 1 aromatic heterocycles. The van der Waals surface area contributed by atoms with Crippen LogP contribution in [0, 0.1) is 0 Å². The third kappa shape index (κ3) is 1.32. The van der Waals surface area contributed by atoms with Gasteiger partial charge in [0.2, 0.25) is 0 Å². The zero-order valence-corrected chi connectivity index (χ0v) is 8.62. The lowest BCUT2D eigenvalue weighted by Gasteiger charge is -2.24. The highest BCUT2D eigenvalue weighted by molar-refractivity contribution is 7.98. The molecule has 1 aromatic rings. The van der Waals surface area contributed by atoms with E-state index in [0.717, 1.165) is 5.92 Å². The summed E-state index contributed by atoms with van der Waals surface area (Å²) in [5, 5.41) is 0. The SMILES string of the molecule is c1c(C2CCC2)[nH]c2c1CSCC2. The fourth-order valence-electron chi connectivity index (χ4n) is 2.21. The number of fused-ring (bicyclic) bond motifs is 1. The smallest absolute Gasteiger partial charge is 0.0202 e. The van der Waals surface area contributed by atoms with Gasteiger partial charge in [-0.2, -0.15) is 11.8 Å². The average molecular weight is 193 g/mol. The van der Waals surface area contributed by atoms with Gasteiger partial charge >= 0.3 is 0 Å². The molecule has 0 bridgehead atoms. The lowest BCUT2D eigenvalue weighted by Crippen LogP contribution is -2.09. The molecule has 0 aromatic carbocycles. The van der Waals surface area contributed by atoms with Crippen LogP contribution in [0.3, 0.4) is 0 Å². The number of aromatic amines is 1. The van der Waals surface area contributed by atoms with E-state index in [9.17, 15) is 0 Å². The minimum absolute atomic E-state index is 0.871. The minimum Gasteiger partial charge on any atom is -0.362 e. The van der Waals surface area contributed by atoms with Gasteiger partial charge in [0.1, 0.15) is 0 Å². The van der Waals surface area contributed by atoms with Crippen LogP contribution in [0.15, 0.2) is 6.07 Å². The van der Waals surface area contributed by atoms with Gasteiger partial charge in [-0.05, 0) is 42.6 Å². The van der Waals surface area contributed by atoms with Crippen LogP contribution in [0.5, 0.6) is 0 Å². The summed E-state index contributed by atoms with van der Waals surface area (Å²) in [7, 11) is 0. The molecule has 0 saturated heterocycles. The van der Waals surface area contributed by atoms with Crippen LogP contribution < -0.4 is 0 Å². The normalized spacial score (nSPS) is 22.5. The van der Waals surface area contributed by atoms with Gasteiger partial charge in [0.05, 0.1) is 0 Å². The summed E-state index contributed by atoms with van der Waals surface area (Å²) in [6.45, 7) is 0. The first-order chi connectivity index (χ1) is 6.43. The highest BCUT2D eigenvalue weighted by atomic mass is 32.2. The summed E-state index contributed by atoms with van der Waals surface area (Å²) in [6.07, 6.45) is 5.51. The fraction of sp³-hybridized carbons (Fsp3) is 0.636. The highest BCUT2D eigenvalue weighted by Gasteiger charge is 2.23. The summed E-state index contributed by atoms with van der Waals surface area (Å²) in [4.78, 5) is 3.62. The Bertz CT molecular complexity index is 288. The molecule has 0 radical (unpaired) electrons. The molecule has 0 atom stereocenters. The van der Waals surface area contributed by atoms with Gasteiger partial charge in [-0.15, -0.1) is 0 Å². The number of nitrogens with one attached hydrogen (secondary N) is 1. The van der Waals surface area contributed by atoms with E-state index in [2.05, 4.69) is 22.8 Å². The van der Waals surface area contributed by atoms with Crippen molar-refractivity contribution in [2.45, 2.75) is 37.4 Å². The van der Waals surface area contributed by atoms with Crippen molar-refractivity contribution in [3.8, 4) is 0 Å². The Morgan fingerprint density at radius 2 is 2.31 bits per heavy atom. The van der Waals surface area contributed by atoms with Crippen LogP contribution in [0.1, 0.15) is 42.1 Å². The molecule has 2 aliphatic rings. The van der Waals surface area contributed by atoms with Crippen LogP contribution in [-0.4, -0.2) is 10.7 Å². The van der Waals surface area contributed by atoms with Crippen molar-refractivity contribution < 1.29 is 0 Å². The van der Waals surface area contributed by atoms with Crippen molar-refractivity contribution in [3.05, 3.63) is 23.0 Å². The maximum absolute atomic E-state index is 3.62. The maximum Gasteiger partial charge on any atom is 0.0202 e. The van der Waals surface area contributed by atoms with Crippen molar-refractivity contribution in [2.24, 2.45) is 0 Å². The Labute approximate surface area is 83.3 Å². The molecule has 2 heterocycles. The van der Waals surface area contributed by atoms with E-state index in [-0.39, 0.29) is 0 Å². The molecule has 1 N–H and O–H groups in total. The summed E-state index contributed by atoms with van der Waals surface area (Å²) in [5.74, 6) is 3.41. The van der Waals surface area contributed by atoms with Gasteiger partial charge in [-0.3, -0.25) is 0 Å². The summed E-state index contributed by atoms with van der Waals surface area (Å²) >= 11 is 2.07. The first-order valence-corrected chi connectivity index (χ1v) is 6.37. The molecule has 1 aliphatic carbocycles. The van der Waals surface area contributed by atoms with Gasteiger partial charge in [-0.1, -0.05) is 6.42 Å². The predicted molar refractivity (Wildman–Crippen MR) is 57.3 cm³/mol. The molecule has 0 spiro atoms. The molecule has 0 unspecified atom stereocenters. The molecular weight excluding hydrogens is 178 g/mol. The summed E-state index contributed by atoms with van der Waals surface area (Å²) in [6, 6.07) is 2.42. The number of thioether (sulfide) groups is 1. The third-order valence-electron chi connectivity index (χ3n) is 3.31. The van der Waals surface area contributed by atoms with E-state index in [0.29, 0.717) is 0 Å². The average Bonchev–Trinajstić information content (AvgIpc) is 2.43. The zero-order valence-electron chi connectivity index (χ0n) is 7.81. The number of hydrogen-bond donors (Lipinski definition) is 1. The van der Waals surface area contributed by atoms with Crippen molar-refractivity contribution >= 4 is 11.8 Å². The second-order valence-electron chi connectivity index (χ2n) is 4.16. The molecule has 1 fully saturated rings. The fourth-order valence-corrected chi connectivity index (χ4v) is 3.18. The molecule has 0 amide bonds. The molecule has 1 aliphatic heterocycles. The van der Waals surface area contributed by atoms with E-state index in [1.54, 1.807) is 5.56 Å². The van der Waals surface area contributed by atoms with Crippen LogP contribution in [0.2, 0.25) is 0 Å². The van der Waals surface area contributed by atoms with Gasteiger partial charge < -0.3 is 4.98 Å². The van der Waals surface area contributed by atoms with Crippen LogP contribution >= 0.6 is 11.8 Å². The van der Waals surface area contributed by atoms with E-state index in [1.165, 1.54) is 48.6 Å². The quantitative estimate of drug-likeness (QED) is 0.724. The van der Waals surface area contributed by atoms with Gasteiger partial charge in [-0.25, -0.2) is 0 Å². The number of H-pyrrole nitrogens is 1. The zero-order chi connectivity index (χ0) is 8.67. The molecule has 3 rings (SSSR count). The largest absolute Gasteiger partial charge is 0.362 e. The number of rotatable bonds is 1. The number of aryl methyl sites for hydroxylation is 1. The van der Waals surface area contributed by atoms with E-state index in [4.69, 9.17) is 0 Å².